The van der Waals surface area contributed by atoms with Crippen molar-refractivity contribution in [1.82, 2.24) is 4.90 Å². The van der Waals surface area contributed by atoms with Crippen molar-refractivity contribution in [2.45, 2.75) is 50.7 Å². The maximum Gasteiger partial charge on any atom is 0.226 e. The number of aliphatic hydroxyl groups excluding tert-OH is 1. The molecule has 4 rings (SSSR count). The molecule has 1 atom stereocenters. The number of rotatable bonds is 3. The second-order valence-electron chi connectivity index (χ2n) is 7.37. The summed E-state index contributed by atoms with van der Waals surface area (Å²) in [6.07, 6.45) is 5.23. The van der Waals surface area contributed by atoms with Gasteiger partial charge in [0.2, 0.25) is 5.91 Å². The molecule has 1 N–H and O–H groups in total. The first kappa shape index (κ1) is 15.6. The van der Waals surface area contributed by atoms with Crippen molar-refractivity contribution in [2.75, 3.05) is 6.54 Å². The average Bonchev–Trinajstić information content (AvgIpc) is 2.96. The zero-order chi connectivity index (χ0) is 16.5. The monoisotopic (exact) mass is 323 g/mol. The van der Waals surface area contributed by atoms with Crippen LogP contribution in [0.2, 0.25) is 0 Å². The minimum absolute atomic E-state index is 0.123. The smallest absolute Gasteiger partial charge is 0.226 e. The van der Waals surface area contributed by atoms with E-state index >= 15 is 0 Å². The lowest BCUT2D eigenvalue weighted by atomic mass is 9.92. The van der Waals surface area contributed by atoms with Gasteiger partial charge in [-0.05, 0) is 54.9 Å². The summed E-state index contributed by atoms with van der Waals surface area (Å²) in [7, 11) is 0. The highest BCUT2D eigenvalue weighted by Crippen LogP contribution is 2.31. The molecule has 1 aliphatic heterocycles. The largest absolute Gasteiger partial charge is 0.393 e. The van der Waals surface area contributed by atoms with Crippen molar-refractivity contribution in [3.63, 3.8) is 0 Å². The zero-order valence-electron chi connectivity index (χ0n) is 14.0. The lowest BCUT2D eigenvalue weighted by Crippen LogP contribution is -2.41. The Balaban J connectivity index is 1.44. The number of benzene rings is 2. The minimum Gasteiger partial charge on any atom is -0.393 e. The molecule has 2 fully saturated rings. The number of fused-ring (bicyclic) bond motifs is 1. The number of hydrogen-bond acceptors (Lipinski definition) is 2. The van der Waals surface area contributed by atoms with Crippen LogP contribution >= 0.6 is 0 Å². The lowest BCUT2D eigenvalue weighted by Gasteiger charge is -2.33. The quantitative estimate of drug-likeness (QED) is 0.938. The number of carbonyl (C=O) groups excluding carboxylic acids is 1. The second-order valence-corrected chi connectivity index (χ2v) is 7.37. The Labute approximate surface area is 143 Å². The van der Waals surface area contributed by atoms with Gasteiger partial charge in [0, 0.05) is 18.5 Å². The standard InChI is InChI=1S/C21H25NO2/c23-20-9-7-19(8-10-20)22-12-11-18(21(22)24)14-15-5-6-16-3-1-2-4-17(16)13-15/h1-6,13,18-20,23H,7-12,14H2/t18?,19-,20+. The summed E-state index contributed by atoms with van der Waals surface area (Å²) < 4.78 is 0. The topological polar surface area (TPSA) is 40.5 Å². The molecule has 1 aliphatic carbocycles. The van der Waals surface area contributed by atoms with Gasteiger partial charge in [-0.15, -0.1) is 0 Å². The fraction of sp³-hybridized carbons (Fsp3) is 0.476. The molecule has 2 aliphatic rings. The maximum absolute atomic E-state index is 12.8. The van der Waals surface area contributed by atoms with Crippen molar-refractivity contribution in [2.24, 2.45) is 5.92 Å². The highest BCUT2D eigenvalue weighted by molar-refractivity contribution is 5.84. The average molecular weight is 323 g/mol. The van der Waals surface area contributed by atoms with Gasteiger partial charge in [0.25, 0.3) is 0 Å². The molecule has 1 unspecified atom stereocenters. The molecule has 2 aromatic carbocycles. The van der Waals surface area contributed by atoms with Crippen molar-refractivity contribution in [3.8, 4) is 0 Å². The Morgan fingerprint density at radius 3 is 2.50 bits per heavy atom. The van der Waals surface area contributed by atoms with E-state index in [2.05, 4.69) is 47.4 Å². The molecule has 0 spiro atoms. The number of likely N-dealkylation sites (tertiary alicyclic amines) is 1. The number of amides is 1. The van der Waals surface area contributed by atoms with E-state index in [4.69, 9.17) is 0 Å². The molecule has 126 valence electrons. The van der Waals surface area contributed by atoms with E-state index in [1.807, 2.05) is 0 Å². The lowest BCUT2D eigenvalue weighted by molar-refractivity contribution is -0.133. The molecule has 1 saturated heterocycles. The molecule has 3 heteroatoms. The van der Waals surface area contributed by atoms with Gasteiger partial charge in [-0.3, -0.25) is 4.79 Å². The van der Waals surface area contributed by atoms with E-state index < -0.39 is 0 Å². The van der Waals surface area contributed by atoms with E-state index in [0.717, 1.165) is 45.1 Å². The molecule has 3 nitrogen and oxygen atoms in total. The van der Waals surface area contributed by atoms with Gasteiger partial charge in [-0.2, -0.15) is 0 Å². The van der Waals surface area contributed by atoms with Crippen LogP contribution in [0.5, 0.6) is 0 Å². The molecule has 1 amide bonds. The van der Waals surface area contributed by atoms with Crippen LogP contribution in [0.1, 0.15) is 37.7 Å². The number of hydrogen-bond donors (Lipinski definition) is 1. The van der Waals surface area contributed by atoms with Gasteiger partial charge in [0.05, 0.1) is 6.10 Å². The fourth-order valence-electron chi connectivity index (χ4n) is 4.34. The highest BCUT2D eigenvalue weighted by Gasteiger charge is 2.36. The summed E-state index contributed by atoms with van der Waals surface area (Å²) in [5.74, 6) is 0.447. The van der Waals surface area contributed by atoms with Gasteiger partial charge in [-0.25, -0.2) is 0 Å². The van der Waals surface area contributed by atoms with Crippen LogP contribution in [-0.2, 0) is 11.2 Å². The third-order valence-corrected chi connectivity index (χ3v) is 5.75. The predicted molar refractivity (Wildman–Crippen MR) is 95.7 cm³/mol. The molecule has 2 aromatic rings. The van der Waals surface area contributed by atoms with Crippen molar-refractivity contribution < 1.29 is 9.90 Å². The number of aliphatic hydroxyl groups is 1. The van der Waals surface area contributed by atoms with Gasteiger partial charge in [0.1, 0.15) is 0 Å². The first-order chi connectivity index (χ1) is 11.7. The van der Waals surface area contributed by atoms with Crippen molar-refractivity contribution in [3.05, 3.63) is 48.0 Å². The minimum atomic E-state index is -0.160. The molecule has 24 heavy (non-hydrogen) atoms. The van der Waals surface area contributed by atoms with E-state index in [1.54, 1.807) is 0 Å². The van der Waals surface area contributed by atoms with Crippen molar-refractivity contribution >= 4 is 16.7 Å². The first-order valence-electron chi connectivity index (χ1n) is 9.17. The summed E-state index contributed by atoms with van der Waals surface area (Å²) in [6.45, 7) is 0.887. The van der Waals surface area contributed by atoms with Gasteiger partial charge >= 0.3 is 0 Å². The van der Waals surface area contributed by atoms with Crippen LogP contribution in [0, 0.1) is 5.92 Å². The van der Waals surface area contributed by atoms with Crippen LogP contribution in [0.3, 0.4) is 0 Å². The predicted octanol–water partition coefficient (Wildman–Crippen LogP) is 3.53. The first-order valence-corrected chi connectivity index (χ1v) is 9.17. The van der Waals surface area contributed by atoms with Gasteiger partial charge in [-0.1, -0.05) is 42.5 Å². The van der Waals surface area contributed by atoms with E-state index in [-0.39, 0.29) is 12.0 Å². The van der Waals surface area contributed by atoms with E-state index in [0.29, 0.717) is 11.9 Å². The zero-order valence-corrected chi connectivity index (χ0v) is 14.0. The Morgan fingerprint density at radius 1 is 0.958 bits per heavy atom. The van der Waals surface area contributed by atoms with Gasteiger partial charge < -0.3 is 10.0 Å². The molecule has 0 bridgehead atoms. The molecule has 1 saturated carbocycles. The van der Waals surface area contributed by atoms with Crippen LogP contribution in [0.15, 0.2) is 42.5 Å². The molecule has 1 heterocycles. The number of nitrogens with zero attached hydrogens (tertiary/aromatic N) is 1. The third-order valence-electron chi connectivity index (χ3n) is 5.75. The summed E-state index contributed by atoms with van der Waals surface area (Å²) >= 11 is 0. The summed E-state index contributed by atoms with van der Waals surface area (Å²) in [6, 6.07) is 15.3. The third kappa shape index (κ3) is 3.05. The van der Waals surface area contributed by atoms with Crippen LogP contribution in [0.4, 0.5) is 0 Å². The fourth-order valence-corrected chi connectivity index (χ4v) is 4.34. The molecular formula is C21H25NO2. The van der Waals surface area contributed by atoms with Crippen LogP contribution in [-0.4, -0.2) is 34.6 Å². The summed E-state index contributed by atoms with van der Waals surface area (Å²) in [4.78, 5) is 14.9. The Hall–Kier alpha value is -1.87. The van der Waals surface area contributed by atoms with E-state index in [1.165, 1.54) is 16.3 Å². The SMILES string of the molecule is O=C1C(Cc2ccc3ccccc3c2)CCN1[C@H]1CC[C@@H](O)CC1. The molecule has 0 radical (unpaired) electrons. The Kier molecular flexibility index (Phi) is 4.28. The Morgan fingerprint density at radius 2 is 1.71 bits per heavy atom. The highest BCUT2D eigenvalue weighted by atomic mass is 16.3. The number of carbonyl (C=O) groups is 1. The molecular weight excluding hydrogens is 298 g/mol. The second kappa shape index (κ2) is 6.56. The molecule has 0 aromatic heterocycles. The maximum atomic E-state index is 12.8. The van der Waals surface area contributed by atoms with Gasteiger partial charge in [0.15, 0.2) is 0 Å². The summed E-state index contributed by atoms with van der Waals surface area (Å²) in [5.41, 5.74) is 1.26. The normalized spacial score (nSPS) is 27.8. The van der Waals surface area contributed by atoms with E-state index in [9.17, 15) is 9.90 Å². The van der Waals surface area contributed by atoms with Crippen molar-refractivity contribution in [1.29, 1.82) is 0 Å². The Bertz CT molecular complexity index is 733. The van der Waals surface area contributed by atoms with Crippen LogP contribution < -0.4 is 0 Å². The summed E-state index contributed by atoms with van der Waals surface area (Å²) in [5, 5.41) is 12.2. The van der Waals surface area contributed by atoms with Crippen LogP contribution in [0.25, 0.3) is 10.8 Å².